The second-order valence-electron chi connectivity index (χ2n) is 7.05. The first-order chi connectivity index (χ1) is 11.2. The highest BCUT2D eigenvalue weighted by molar-refractivity contribution is 14.0. The molecule has 1 N–H and O–H groups in total. The average Bonchev–Trinajstić information content (AvgIpc) is 3.22. The fourth-order valence-electron chi connectivity index (χ4n) is 3.77. The van der Waals surface area contributed by atoms with E-state index in [1.165, 1.54) is 18.4 Å². The molecule has 0 amide bonds. The van der Waals surface area contributed by atoms with E-state index < -0.39 is 0 Å². The molecular weight excluding hydrogens is 413 g/mol. The first-order valence-corrected chi connectivity index (χ1v) is 8.81. The highest BCUT2D eigenvalue weighted by atomic mass is 127. The maximum Gasteiger partial charge on any atom is 0.193 e. The smallest absolute Gasteiger partial charge is 0.193 e. The number of hydrogen-bond donors (Lipinski definition) is 1. The number of hydrogen-bond acceptors (Lipinski definition) is 2. The van der Waals surface area contributed by atoms with Crippen LogP contribution in [0.25, 0.3) is 0 Å². The third-order valence-electron chi connectivity index (χ3n) is 5.36. The summed E-state index contributed by atoms with van der Waals surface area (Å²) in [5.74, 6) is 1.61. The van der Waals surface area contributed by atoms with E-state index in [0.29, 0.717) is 11.3 Å². The van der Waals surface area contributed by atoms with Gasteiger partial charge in [0.2, 0.25) is 0 Å². The number of rotatable bonds is 4. The number of guanidine groups is 1. The van der Waals surface area contributed by atoms with Crippen LogP contribution in [0.5, 0.6) is 0 Å². The van der Waals surface area contributed by atoms with E-state index >= 15 is 0 Å². The molecule has 2 unspecified atom stereocenters. The van der Waals surface area contributed by atoms with Crippen molar-refractivity contribution in [3.63, 3.8) is 0 Å². The van der Waals surface area contributed by atoms with E-state index in [1.807, 2.05) is 7.05 Å². The van der Waals surface area contributed by atoms with Crippen LogP contribution in [0.4, 0.5) is 0 Å². The molecule has 0 radical (unpaired) electrons. The first kappa shape index (κ1) is 19.5. The number of nitrogens with one attached hydrogen (secondary N) is 1. The van der Waals surface area contributed by atoms with Gasteiger partial charge in [0.25, 0.3) is 0 Å². The first-order valence-electron chi connectivity index (χ1n) is 8.81. The van der Waals surface area contributed by atoms with E-state index in [2.05, 4.69) is 52.5 Å². The van der Waals surface area contributed by atoms with Gasteiger partial charge in [-0.25, -0.2) is 0 Å². The molecule has 3 rings (SSSR count). The molecule has 2 aliphatic heterocycles. The standard InChI is InChI=1S/C19H29N3O.HI/c1-16(17-6-4-3-5-7-17)8-11-21-18(20-2)22-12-9-19(14-22)10-13-23-15-19;/h3-7,16H,8-15H2,1-2H3,(H,20,21);1H. The van der Waals surface area contributed by atoms with Crippen LogP contribution in [0.1, 0.15) is 37.7 Å². The van der Waals surface area contributed by atoms with E-state index in [-0.39, 0.29) is 24.0 Å². The van der Waals surface area contributed by atoms with Crippen molar-refractivity contribution in [1.82, 2.24) is 10.2 Å². The molecular formula is C19H30IN3O. The van der Waals surface area contributed by atoms with Gasteiger partial charge in [0.1, 0.15) is 0 Å². The molecule has 24 heavy (non-hydrogen) atoms. The lowest BCUT2D eigenvalue weighted by Gasteiger charge is -2.25. The molecule has 0 aliphatic carbocycles. The van der Waals surface area contributed by atoms with Gasteiger partial charge in [-0.3, -0.25) is 4.99 Å². The quantitative estimate of drug-likeness (QED) is 0.440. The molecule has 0 saturated carbocycles. The third kappa shape index (κ3) is 4.63. The predicted molar refractivity (Wildman–Crippen MR) is 110 cm³/mol. The summed E-state index contributed by atoms with van der Waals surface area (Å²) in [6, 6.07) is 10.7. The Hall–Kier alpha value is -0.820. The number of halogens is 1. The Balaban J connectivity index is 0.00000208. The van der Waals surface area contributed by atoms with Crippen molar-refractivity contribution in [2.24, 2.45) is 10.4 Å². The fraction of sp³-hybridized carbons (Fsp3) is 0.632. The van der Waals surface area contributed by atoms with Crippen molar-refractivity contribution in [1.29, 1.82) is 0 Å². The molecule has 2 heterocycles. The molecule has 2 fully saturated rings. The summed E-state index contributed by atoms with van der Waals surface area (Å²) in [4.78, 5) is 6.89. The summed E-state index contributed by atoms with van der Waals surface area (Å²) < 4.78 is 5.62. The maximum atomic E-state index is 5.62. The minimum absolute atomic E-state index is 0. The number of nitrogens with zero attached hydrogens (tertiary/aromatic N) is 2. The van der Waals surface area contributed by atoms with Gasteiger partial charge in [-0.2, -0.15) is 0 Å². The van der Waals surface area contributed by atoms with Gasteiger partial charge in [-0.1, -0.05) is 37.3 Å². The van der Waals surface area contributed by atoms with Crippen molar-refractivity contribution in [2.75, 3.05) is 39.9 Å². The second kappa shape index (κ2) is 9.04. The molecule has 2 aliphatic rings. The van der Waals surface area contributed by atoms with Crippen LogP contribution in [0.2, 0.25) is 0 Å². The highest BCUT2D eigenvalue weighted by Crippen LogP contribution is 2.38. The van der Waals surface area contributed by atoms with Gasteiger partial charge >= 0.3 is 0 Å². The van der Waals surface area contributed by atoms with Crippen LogP contribution in [-0.2, 0) is 4.74 Å². The molecule has 5 heteroatoms. The summed E-state index contributed by atoms with van der Waals surface area (Å²) in [7, 11) is 1.89. The van der Waals surface area contributed by atoms with E-state index in [9.17, 15) is 0 Å². The fourth-order valence-corrected chi connectivity index (χ4v) is 3.77. The lowest BCUT2D eigenvalue weighted by molar-refractivity contribution is 0.156. The number of ether oxygens (including phenoxy) is 1. The highest BCUT2D eigenvalue weighted by Gasteiger charge is 2.42. The molecule has 0 bridgehead atoms. The van der Waals surface area contributed by atoms with Gasteiger partial charge in [-0.05, 0) is 30.7 Å². The van der Waals surface area contributed by atoms with Gasteiger partial charge in [0.05, 0.1) is 6.61 Å². The normalized spacial score (nSPS) is 24.9. The van der Waals surface area contributed by atoms with Crippen LogP contribution < -0.4 is 5.32 Å². The Morgan fingerprint density at radius 2 is 2.12 bits per heavy atom. The van der Waals surface area contributed by atoms with Gasteiger partial charge in [0, 0.05) is 38.7 Å². The van der Waals surface area contributed by atoms with Crippen molar-refractivity contribution >= 4 is 29.9 Å². The number of aliphatic imine (C=N–C) groups is 1. The monoisotopic (exact) mass is 443 g/mol. The molecule has 2 saturated heterocycles. The minimum atomic E-state index is 0. The molecule has 134 valence electrons. The Bertz CT molecular complexity index is 529. The number of benzene rings is 1. The zero-order chi connectivity index (χ0) is 16.1. The van der Waals surface area contributed by atoms with Crippen LogP contribution in [0.15, 0.2) is 35.3 Å². The van der Waals surface area contributed by atoms with Crippen molar-refractivity contribution in [3.8, 4) is 0 Å². The minimum Gasteiger partial charge on any atom is -0.381 e. The molecule has 1 aromatic carbocycles. The Morgan fingerprint density at radius 3 is 2.79 bits per heavy atom. The molecule has 2 atom stereocenters. The largest absolute Gasteiger partial charge is 0.381 e. The van der Waals surface area contributed by atoms with Crippen LogP contribution in [0.3, 0.4) is 0 Å². The zero-order valence-corrected chi connectivity index (χ0v) is 17.2. The summed E-state index contributed by atoms with van der Waals surface area (Å²) in [6.07, 6.45) is 3.55. The van der Waals surface area contributed by atoms with Crippen LogP contribution in [0, 0.1) is 5.41 Å². The van der Waals surface area contributed by atoms with Crippen molar-refractivity contribution < 1.29 is 4.74 Å². The summed E-state index contributed by atoms with van der Waals surface area (Å²) in [5.41, 5.74) is 1.79. The Kier molecular flexibility index (Phi) is 7.34. The van der Waals surface area contributed by atoms with E-state index in [1.54, 1.807) is 0 Å². The summed E-state index contributed by atoms with van der Waals surface area (Å²) in [6.45, 7) is 7.28. The second-order valence-corrected chi connectivity index (χ2v) is 7.05. The van der Waals surface area contributed by atoms with Crippen LogP contribution in [-0.4, -0.2) is 50.8 Å². The number of likely N-dealkylation sites (tertiary alicyclic amines) is 1. The third-order valence-corrected chi connectivity index (χ3v) is 5.36. The maximum absolute atomic E-state index is 5.62. The lowest BCUT2D eigenvalue weighted by atomic mass is 9.87. The lowest BCUT2D eigenvalue weighted by Crippen LogP contribution is -2.42. The van der Waals surface area contributed by atoms with Crippen molar-refractivity contribution in [2.45, 2.75) is 32.1 Å². The van der Waals surface area contributed by atoms with Crippen molar-refractivity contribution in [3.05, 3.63) is 35.9 Å². The zero-order valence-electron chi connectivity index (χ0n) is 14.8. The van der Waals surface area contributed by atoms with E-state index in [4.69, 9.17) is 4.74 Å². The average molecular weight is 443 g/mol. The molecule has 0 aromatic heterocycles. The molecule has 4 nitrogen and oxygen atoms in total. The van der Waals surface area contributed by atoms with E-state index in [0.717, 1.165) is 45.2 Å². The summed E-state index contributed by atoms with van der Waals surface area (Å²) >= 11 is 0. The van der Waals surface area contributed by atoms with Gasteiger partial charge < -0.3 is 15.0 Å². The Labute approximate surface area is 163 Å². The SMILES string of the molecule is CN=C(NCCC(C)c1ccccc1)N1CCC2(CCOC2)C1.I. The molecule has 1 aromatic rings. The Morgan fingerprint density at radius 1 is 1.33 bits per heavy atom. The summed E-state index contributed by atoms with van der Waals surface area (Å²) in [5, 5.41) is 3.55. The van der Waals surface area contributed by atoms with Gasteiger partial charge in [-0.15, -0.1) is 24.0 Å². The topological polar surface area (TPSA) is 36.9 Å². The van der Waals surface area contributed by atoms with Crippen LogP contribution >= 0.6 is 24.0 Å². The van der Waals surface area contributed by atoms with Gasteiger partial charge in [0.15, 0.2) is 5.96 Å². The predicted octanol–water partition coefficient (Wildman–Crippen LogP) is 3.49. The molecule has 1 spiro atoms.